The highest BCUT2D eigenvalue weighted by Gasteiger charge is 2.49. The number of rotatable bonds is 8. The minimum Gasteiger partial charge on any atom is -0.493 e. The van der Waals surface area contributed by atoms with Gasteiger partial charge in [-0.2, -0.15) is 0 Å². The molecule has 0 saturated carbocycles. The quantitative estimate of drug-likeness (QED) is 0.384. The fourth-order valence-corrected chi connectivity index (χ4v) is 5.51. The molecule has 9 atom stereocenters. The summed E-state index contributed by atoms with van der Waals surface area (Å²) in [6.07, 6.45) is -7.29. The molecule has 0 unspecified atom stereocenters. The SMILES string of the molecule is COc1ccc([C@@H]2OC[C@H]3[C@@H]2CO[C@@H]3c2ccc(O[C@@H]3O[C@@H](CO)[C@H](O)[C@H](O)[C@H]3O)c(OC)c2)cc1OC. The van der Waals surface area contributed by atoms with Gasteiger partial charge in [0.05, 0.1) is 53.4 Å². The summed E-state index contributed by atoms with van der Waals surface area (Å²) in [4.78, 5) is 0. The number of aliphatic hydroxyl groups excluding tert-OH is 4. The molecule has 0 aromatic heterocycles. The molecule has 11 nitrogen and oxygen atoms in total. The van der Waals surface area contributed by atoms with Crippen LogP contribution in [0, 0.1) is 11.8 Å². The van der Waals surface area contributed by atoms with E-state index < -0.39 is 37.3 Å². The largest absolute Gasteiger partial charge is 0.493 e. The molecule has 4 N–H and O–H groups in total. The van der Waals surface area contributed by atoms with Gasteiger partial charge < -0.3 is 53.6 Å². The van der Waals surface area contributed by atoms with Crippen molar-refractivity contribution in [2.24, 2.45) is 11.8 Å². The van der Waals surface area contributed by atoms with Crippen molar-refractivity contribution in [2.75, 3.05) is 41.2 Å². The Kier molecular flexibility index (Phi) is 7.96. The average molecular weight is 535 g/mol. The van der Waals surface area contributed by atoms with Crippen LogP contribution >= 0.6 is 0 Å². The number of aliphatic hydroxyl groups is 4. The van der Waals surface area contributed by atoms with Gasteiger partial charge in [-0.25, -0.2) is 0 Å². The Morgan fingerprint density at radius 2 is 1.24 bits per heavy atom. The van der Waals surface area contributed by atoms with Gasteiger partial charge in [-0.15, -0.1) is 0 Å². The topological polar surface area (TPSA) is 146 Å². The van der Waals surface area contributed by atoms with Crippen molar-refractivity contribution >= 4 is 0 Å². The van der Waals surface area contributed by atoms with E-state index in [0.29, 0.717) is 30.5 Å². The van der Waals surface area contributed by atoms with Gasteiger partial charge in [0, 0.05) is 11.8 Å². The first kappa shape index (κ1) is 26.9. The molecule has 38 heavy (non-hydrogen) atoms. The van der Waals surface area contributed by atoms with Crippen molar-refractivity contribution in [3.05, 3.63) is 47.5 Å². The molecule has 3 heterocycles. The van der Waals surface area contributed by atoms with Gasteiger partial charge in [0.15, 0.2) is 23.0 Å². The van der Waals surface area contributed by atoms with Crippen molar-refractivity contribution in [3.63, 3.8) is 0 Å². The third kappa shape index (κ3) is 4.79. The summed E-state index contributed by atoms with van der Waals surface area (Å²) in [6.45, 7) is 0.508. The van der Waals surface area contributed by atoms with E-state index in [2.05, 4.69) is 0 Å². The third-order valence-corrected chi connectivity index (χ3v) is 7.61. The lowest BCUT2D eigenvalue weighted by Gasteiger charge is -2.39. The predicted octanol–water partition coefficient (Wildman–Crippen LogP) is 0.966. The van der Waals surface area contributed by atoms with E-state index in [0.717, 1.165) is 11.1 Å². The molecular weight excluding hydrogens is 500 g/mol. The molecule has 11 heteroatoms. The Morgan fingerprint density at radius 3 is 1.76 bits per heavy atom. The minimum absolute atomic E-state index is 0.120. The van der Waals surface area contributed by atoms with Gasteiger partial charge in [-0.1, -0.05) is 12.1 Å². The van der Waals surface area contributed by atoms with E-state index in [4.69, 9.17) is 33.2 Å². The number of methoxy groups -OCH3 is 3. The fourth-order valence-electron chi connectivity index (χ4n) is 5.51. The highest BCUT2D eigenvalue weighted by atomic mass is 16.7. The van der Waals surface area contributed by atoms with Crippen LogP contribution < -0.4 is 18.9 Å². The molecule has 0 bridgehead atoms. The zero-order valence-corrected chi connectivity index (χ0v) is 21.4. The first-order chi connectivity index (χ1) is 18.4. The molecule has 2 aromatic carbocycles. The molecule has 2 aromatic rings. The standard InChI is InChI=1S/C27H34O11/c1-32-17-6-4-13(8-19(17)33-2)25-15-11-36-26(16(15)12-35-25)14-5-7-18(20(9-14)34-3)37-27-24(31)23(30)22(29)21(10-28)38-27/h4-9,15-16,21-31H,10-12H2,1-3H3/t15-,16-,21-,22-,23-,24+,25-,26+,27+/m0/s1. The van der Waals surface area contributed by atoms with Crippen LogP contribution in [0.4, 0.5) is 0 Å². The summed E-state index contributed by atoms with van der Waals surface area (Å²) in [5.41, 5.74) is 1.88. The second-order valence-electron chi connectivity index (χ2n) is 9.68. The smallest absolute Gasteiger partial charge is 0.229 e. The summed E-state index contributed by atoms with van der Waals surface area (Å²) in [5, 5.41) is 39.8. The maximum absolute atomic E-state index is 10.3. The number of hydrogen-bond acceptors (Lipinski definition) is 11. The van der Waals surface area contributed by atoms with E-state index in [1.807, 2.05) is 24.3 Å². The van der Waals surface area contributed by atoms with Crippen LogP contribution in [0.3, 0.4) is 0 Å². The first-order valence-electron chi connectivity index (χ1n) is 12.5. The Hall–Kier alpha value is -2.64. The highest BCUT2D eigenvalue weighted by Crippen LogP contribution is 2.51. The maximum Gasteiger partial charge on any atom is 0.229 e. The molecule has 3 saturated heterocycles. The van der Waals surface area contributed by atoms with Gasteiger partial charge >= 0.3 is 0 Å². The van der Waals surface area contributed by atoms with Gasteiger partial charge in [0.25, 0.3) is 0 Å². The summed E-state index contributed by atoms with van der Waals surface area (Å²) in [6, 6.07) is 11.1. The Bertz CT molecular complexity index is 1110. The molecular formula is C27H34O11. The van der Waals surface area contributed by atoms with Crippen LogP contribution in [0.25, 0.3) is 0 Å². The normalized spacial score (nSPS) is 34.6. The lowest BCUT2D eigenvalue weighted by molar-refractivity contribution is -0.277. The summed E-state index contributed by atoms with van der Waals surface area (Å²) < 4.78 is 40.1. The van der Waals surface area contributed by atoms with Gasteiger partial charge in [0.2, 0.25) is 6.29 Å². The van der Waals surface area contributed by atoms with Crippen LogP contribution in [-0.2, 0) is 14.2 Å². The predicted molar refractivity (Wildman–Crippen MR) is 131 cm³/mol. The molecule has 5 rings (SSSR count). The highest BCUT2D eigenvalue weighted by molar-refractivity contribution is 5.45. The minimum atomic E-state index is -1.54. The molecule has 0 aliphatic carbocycles. The second kappa shape index (κ2) is 11.2. The van der Waals surface area contributed by atoms with E-state index >= 15 is 0 Å². The molecule has 3 aliphatic rings. The second-order valence-corrected chi connectivity index (χ2v) is 9.68. The van der Waals surface area contributed by atoms with E-state index in [9.17, 15) is 20.4 Å². The van der Waals surface area contributed by atoms with Crippen molar-refractivity contribution in [1.29, 1.82) is 0 Å². The first-order valence-corrected chi connectivity index (χ1v) is 12.5. The zero-order chi connectivity index (χ0) is 27.0. The Balaban J connectivity index is 1.31. The van der Waals surface area contributed by atoms with E-state index in [1.165, 1.54) is 7.11 Å². The molecule has 3 aliphatic heterocycles. The summed E-state index contributed by atoms with van der Waals surface area (Å²) >= 11 is 0. The molecule has 0 spiro atoms. The molecule has 3 fully saturated rings. The monoisotopic (exact) mass is 534 g/mol. The Morgan fingerprint density at radius 1 is 0.711 bits per heavy atom. The summed E-state index contributed by atoms with van der Waals surface area (Å²) in [7, 11) is 4.69. The lowest BCUT2D eigenvalue weighted by Crippen LogP contribution is -2.60. The van der Waals surface area contributed by atoms with Crippen LogP contribution in [0.5, 0.6) is 23.0 Å². The van der Waals surface area contributed by atoms with Gasteiger partial charge in [-0.05, 0) is 35.4 Å². The van der Waals surface area contributed by atoms with Crippen LogP contribution in [-0.4, -0.2) is 92.3 Å². The van der Waals surface area contributed by atoms with E-state index in [-0.39, 0.29) is 29.8 Å². The Labute approximate surface area is 220 Å². The fraction of sp³-hybridized carbons (Fsp3) is 0.556. The van der Waals surface area contributed by atoms with E-state index in [1.54, 1.807) is 26.4 Å². The number of benzene rings is 2. The molecule has 0 amide bonds. The molecule has 0 radical (unpaired) electrons. The third-order valence-electron chi connectivity index (χ3n) is 7.61. The van der Waals surface area contributed by atoms with Crippen LogP contribution in [0.15, 0.2) is 36.4 Å². The zero-order valence-electron chi connectivity index (χ0n) is 21.4. The summed E-state index contributed by atoms with van der Waals surface area (Å²) in [5.74, 6) is 2.21. The lowest BCUT2D eigenvalue weighted by atomic mass is 9.85. The number of ether oxygens (including phenoxy) is 7. The van der Waals surface area contributed by atoms with Crippen LogP contribution in [0.1, 0.15) is 23.3 Å². The van der Waals surface area contributed by atoms with Gasteiger partial charge in [-0.3, -0.25) is 0 Å². The van der Waals surface area contributed by atoms with Gasteiger partial charge in [0.1, 0.15) is 24.4 Å². The van der Waals surface area contributed by atoms with Crippen molar-refractivity contribution in [3.8, 4) is 23.0 Å². The number of fused-ring (bicyclic) bond motifs is 1. The van der Waals surface area contributed by atoms with Crippen molar-refractivity contribution < 1.29 is 53.6 Å². The van der Waals surface area contributed by atoms with Crippen LogP contribution in [0.2, 0.25) is 0 Å². The average Bonchev–Trinajstić information content (AvgIpc) is 3.55. The number of hydrogen-bond donors (Lipinski definition) is 4. The van der Waals surface area contributed by atoms with Crippen molar-refractivity contribution in [1.82, 2.24) is 0 Å². The maximum atomic E-state index is 10.3. The molecule has 208 valence electrons. The van der Waals surface area contributed by atoms with Crippen molar-refractivity contribution in [2.45, 2.75) is 42.9 Å².